The first-order chi connectivity index (χ1) is 8.31. The summed E-state index contributed by atoms with van der Waals surface area (Å²) >= 11 is 0. The lowest BCUT2D eigenvalue weighted by Gasteiger charge is -2.23. The predicted octanol–water partition coefficient (Wildman–Crippen LogP) is 0.0622. The van der Waals surface area contributed by atoms with Crippen molar-refractivity contribution in [1.29, 1.82) is 0 Å². The van der Waals surface area contributed by atoms with E-state index in [0.717, 1.165) is 0 Å². The Balaban J connectivity index is 2.46. The van der Waals surface area contributed by atoms with Crippen molar-refractivity contribution in [2.24, 2.45) is 0 Å². The molecule has 2 N–H and O–H groups in total. The molecule has 0 bridgehead atoms. The summed E-state index contributed by atoms with van der Waals surface area (Å²) < 4.78 is 49.9. The number of phosphoric ester groups is 1. The maximum atomic E-state index is 12.1. The van der Waals surface area contributed by atoms with Gasteiger partial charge in [-0.05, 0) is 0 Å². The summed E-state index contributed by atoms with van der Waals surface area (Å²) in [5.74, 6) is 0. The zero-order chi connectivity index (χ0) is 13.6. The lowest BCUT2D eigenvalue weighted by atomic mass is 9.80. The second-order valence-corrected chi connectivity index (χ2v) is 5.10. The topological polar surface area (TPSA) is 85.2 Å². The average Bonchev–Trinajstić information content (AvgIpc) is 2.67. The second-order valence-electron chi connectivity index (χ2n) is 3.77. The highest BCUT2D eigenvalue weighted by Crippen LogP contribution is 2.61. The van der Waals surface area contributed by atoms with Gasteiger partial charge in [-0.15, -0.1) is 0 Å². The highest BCUT2D eigenvalue weighted by molar-refractivity contribution is 7.47. The van der Waals surface area contributed by atoms with E-state index in [9.17, 15) is 18.2 Å². The fraction of sp³-hybridized carbons (Fsp3) is 0.625. The molecule has 2 heterocycles. The van der Waals surface area contributed by atoms with Crippen molar-refractivity contribution in [2.75, 3.05) is 6.61 Å². The van der Waals surface area contributed by atoms with Gasteiger partial charge < -0.3 is 14.7 Å². The van der Waals surface area contributed by atoms with Crippen LogP contribution < -0.4 is 0 Å². The lowest BCUT2D eigenvalue weighted by Crippen LogP contribution is -2.44. The summed E-state index contributed by atoms with van der Waals surface area (Å²) in [5.41, 5.74) is -0.332. The molecule has 10 heteroatoms. The summed E-state index contributed by atoms with van der Waals surface area (Å²) in [5, 5.41) is 9.02. The van der Waals surface area contributed by atoms with Crippen LogP contribution in [0.2, 0.25) is 0 Å². The number of hydrogen-bond donors (Lipinski definition) is 2. The molecule has 2 radical (unpaired) electrons. The van der Waals surface area contributed by atoms with Crippen molar-refractivity contribution in [3.8, 4) is 0 Å². The Morgan fingerprint density at radius 1 is 1.61 bits per heavy atom. The fourth-order valence-electron chi connectivity index (χ4n) is 1.93. The summed E-state index contributed by atoms with van der Waals surface area (Å²) in [6.45, 7) is -0.570. The van der Waals surface area contributed by atoms with Gasteiger partial charge in [0.25, 0.3) is 0 Å². The third-order valence-electron chi connectivity index (χ3n) is 2.66. The van der Waals surface area contributed by atoms with Crippen LogP contribution in [0.15, 0.2) is 17.9 Å². The minimum absolute atomic E-state index is 0.570. The smallest absolute Gasteiger partial charge is 0.394 e. The van der Waals surface area contributed by atoms with Gasteiger partial charge in [0.15, 0.2) is 5.60 Å². The Bertz CT molecular complexity index is 463. The normalized spacial score (nSPS) is 46.6. The molecule has 2 saturated heterocycles. The van der Waals surface area contributed by atoms with Crippen LogP contribution in [0.3, 0.4) is 0 Å². The van der Waals surface area contributed by atoms with Crippen LogP contribution in [0.4, 0.5) is 8.78 Å². The minimum atomic E-state index is -4.43. The standard InChI is InChI=1S/C8H8BF2O6P/c9-7-8(2-1-5(10)11)6(4(3-12)15-7)16-18(13,14)17-8/h2,4,6-7,12H,3H2,(H,13,14)/t4-,6+,7-,8?/m1/s1. The zero-order valence-electron chi connectivity index (χ0n) is 8.82. The summed E-state index contributed by atoms with van der Waals surface area (Å²) in [7, 11) is 1.10. The molecule has 0 aromatic rings. The second kappa shape index (κ2) is 4.54. The predicted molar refractivity (Wildman–Crippen MR) is 53.8 cm³/mol. The molecule has 98 valence electrons. The Kier molecular flexibility index (Phi) is 3.51. The van der Waals surface area contributed by atoms with E-state index in [1.807, 2.05) is 0 Å². The number of fused-ring (bicyclic) bond motifs is 1. The largest absolute Gasteiger partial charge is 0.473 e. The minimum Gasteiger partial charge on any atom is -0.394 e. The quantitative estimate of drug-likeness (QED) is 0.422. The number of ether oxygens (including phenoxy) is 1. The van der Waals surface area contributed by atoms with E-state index in [2.05, 4.69) is 4.52 Å². The van der Waals surface area contributed by atoms with Gasteiger partial charge in [0, 0.05) is 6.08 Å². The summed E-state index contributed by atoms with van der Waals surface area (Å²) in [4.78, 5) is 9.24. The maximum Gasteiger partial charge on any atom is 0.473 e. The van der Waals surface area contributed by atoms with Crippen molar-refractivity contribution in [3.05, 3.63) is 17.9 Å². The molecule has 2 unspecified atom stereocenters. The first kappa shape index (κ1) is 13.9. The highest BCUT2D eigenvalue weighted by atomic mass is 31.2. The Labute approximate surface area is 102 Å². The SMILES string of the molecule is [B][C@@H]1O[C@H](CO)[C@@H]2OP(=O)(O)OC12C=C=C(F)F. The van der Waals surface area contributed by atoms with Crippen LogP contribution in [-0.4, -0.2) is 48.3 Å². The molecule has 2 rings (SSSR count). The molecule has 2 aliphatic heterocycles. The van der Waals surface area contributed by atoms with Gasteiger partial charge in [-0.3, -0.25) is 9.05 Å². The van der Waals surface area contributed by atoms with Crippen LogP contribution in [0.5, 0.6) is 0 Å². The number of rotatable bonds is 2. The molecule has 2 fully saturated rings. The van der Waals surface area contributed by atoms with Gasteiger partial charge in [-0.2, -0.15) is 8.78 Å². The van der Waals surface area contributed by atoms with E-state index < -0.39 is 44.3 Å². The molecule has 0 aromatic heterocycles. The first-order valence-corrected chi connectivity index (χ1v) is 6.33. The third kappa shape index (κ3) is 2.19. The number of aliphatic hydroxyl groups excluding tert-OH is 1. The van der Waals surface area contributed by atoms with Crippen LogP contribution in [0.25, 0.3) is 0 Å². The Morgan fingerprint density at radius 2 is 2.28 bits per heavy atom. The Morgan fingerprint density at radius 3 is 2.83 bits per heavy atom. The van der Waals surface area contributed by atoms with E-state index in [1.54, 1.807) is 5.73 Å². The van der Waals surface area contributed by atoms with Gasteiger partial charge in [0.05, 0.1) is 12.6 Å². The van der Waals surface area contributed by atoms with Crippen LogP contribution in [-0.2, 0) is 18.3 Å². The van der Waals surface area contributed by atoms with E-state index in [4.69, 9.17) is 22.2 Å². The molecular weight excluding hydrogens is 272 g/mol. The van der Waals surface area contributed by atoms with Crippen LogP contribution >= 0.6 is 7.82 Å². The van der Waals surface area contributed by atoms with Gasteiger partial charge in [0.2, 0.25) is 0 Å². The molecule has 0 saturated carbocycles. The summed E-state index contributed by atoms with van der Waals surface area (Å²) in [6, 6.07) is -1.34. The third-order valence-corrected chi connectivity index (χ3v) is 3.70. The first-order valence-electron chi connectivity index (χ1n) is 4.83. The molecule has 0 spiro atoms. The number of hydrogen-bond acceptors (Lipinski definition) is 5. The lowest BCUT2D eigenvalue weighted by molar-refractivity contribution is -0.00512. The highest BCUT2D eigenvalue weighted by Gasteiger charge is 2.64. The van der Waals surface area contributed by atoms with E-state index in [0.29, 0.717) is 6.08 Å². The molecule has 5 atom stereocenters. The molecule has 0 aromatic carbocycles. The van der Waals surface area contributed by atoms with E-state index in [-0.39, 0.29) is 0 Å². The molecule has 0 aliphatic carbocycles. The molecule has 0 amide bonds. The average molecular weight is 280 g/mol. The van der Waals surface area contributed by atoms with Gasteiger partial charge in [-0.25, -0.2) is 4.57 Å². The van der Waals surface area contributed by atoms with Crippen molar-refractivity contribution >= 4 is 15.7 Å². The van der Waals surface area contributed by atoms with Gasteiger partial charge in [-0.1, -0.05) is 5.73 Å². The monoisotopic (exact) mass is 280 g/mol. The van der Waals surface area contributed by atoms with E-state index in [1.165, 1.54) is 0 Å². The molecule has 2 aliphatic rings. The zero-order valence-corrected chi connectivity index (χ0v) is 9.72. The fourth-order valence-corrected chi connectivity index (χ4v) is 3.22. The molecular formula is C8H8BF2O6P. The summed E-state index contributed by atoms with van der Waals surface area (Å²) in [6.07, 6.45) is -3.79. The number of phosphoric acid groups is 1. The van der Waals surface area contributed by atoms with Crippen molar-refractivity contribution < 1.29 is 37.1 Å². The van der Waals surface area contributed by atoms with Gasteiger partial charge in [0.1, 0.15) is 20.1 Å². The van der Waals surface area contributed by atoms with Crippen LogP contribution in [0, 0.1) is 0 Å². The van der Waals surface area contributed by atoms with Crippen molar-refractivity contribution in [2.45, 2.75) is 23.8 Å². The number of halogens is 2. The van der Waals surface area contributed by atoms with Crippen LogP contribution in [0.1, 0.15) is 0 Å². The molecule has 18 heavy (non-hydrogen) atoms. The van der Waals surface area contributed by atoms with Crippen molar-refractivity contribution in [1.82, 2.24) is 0 Å². The number of aliphatic hydroxyl groups is 1. The van der Waals surface area contributed by atoms with E-state index >= 15 is 0 Å². The van der Waals surface area contributed by atoms with Crippen molar-refractivity contribution in [3.63, 3.8) is 0 Å². The molecule has 6 nitrogen and oxygen atoms in total. The van der Waals surface area contributed by atoms with Gasteiger partial charge >= 0.3 is 13.9 Å². The maximum absolute atomic E-state index is 12.1. The Hall–Kier alpha value is -0.525.